The van der Waals surface area contributed by atoms with E-state index in [0.717, 1.165) is 13.0 Å². The maximum atomic E-state index is 5.86. The molecule has 0 aliphatic carbocycles. The Morgan fingerprint density at radius 1 is 0.944 bits per heavy atom. The summed E-state index contributed by atoms with van der Waals surface area (Å²) in [5, 5.41) is 0. The highest BCUT2D eigenvalue weighted by Crippen LogP contribution is 2.27. The van der Waals surface area contributed by atoms with Gasteiger partial charge in [0.05, 0.1) is 0 Å². The average molecular weight is 258 g/mol. The van der Waals surface area contributed by atoms with Crippen molar-refractivity contribution in [1.82, 2.24) is 0 Å². The van der Waals surface area contributed by atoms with E-state index in [2.05, 4.69) is 27.7 Å². The summed E-state index contributed by atoms with van der Waals surface area (Å²) in [7, 11) is 1.76. The lowest BCUT2D eigenvalue weighted by Crippen LogP contribution is -2.38. The van der Waals surface area contributed by atoms with E-state index in [-0.39, 0.29) is 0 Å². The molecule has 2 heteroatoms. The number of unbranched alkanes of at least 4 members (excludes halogenated alkanes) is 5. The molecule has 0 heterocycles. The Balaban J connectivity index is 3.78. The largest absolute Gasteiger partial charge is 0.353 e. The molecule has 0 rings (SSSR count). The van der Waals surface area contributed by atoms with Gasteiger partial charge in [-0.2, -0.15) is 0 Å². The molecular weight excluding hydrogens is 224 g/mol. The third-order valence-corrected chi connectivity index (χ3v) is 3.88. The summed E-state index contributed by atoms with van der Waals surface area (Å²) in [6.45, 7) is 9.49. The Morgan fingerprint density at radius 3 is 2.11 bits per heavy atom. The summed E-state index contributed by atoms with van der Waals surface area (Å²) >= 11 is 0. The molecule has 18 heavy (non-hydrogen) atoms. The standard InChI is InChI=1S/C16H34O2/c1-6-8-9-10-11-12-13-15(3)16(4,17-5)18-14-7-2/h15H,6-14H2,1-5H3. The van der Waals surface area contributed by atoms with Crippen molar-refractivity contribution in [1.29, 1.82) is 0 Å². The molecule has 0 bridgehead atoms. The van der Waals surface area contributed by atoms with E-state index in [4.69, 9.17) is 9.47 Å². The van der Waals surface area contributed by atoms with Gasteiger partial charge in [-0.3, -0.25) is 0 Å². The minimum absolute atomic E-state index is 0.403. The predicted molar refractivity (Wildman–Crippen MR) is 78.8 cm³/mol. The van der Waals surface area contributed by atoms with Crippen molar-refractivity contribution < 1.29 is 9.47 Å². The Kier molecular flexibility index (Phi) is 10.8. The molecule has 2 unspecified atom stereocenters. The second-order valence-electron chi connectivity index (χ2n) is 5.53. The number of methoxy groups -OCH3 is 1. The first-order chi connectivity index (χ1) is 8.60. The molecule has 0 aliphatic rings. The lowest BCUT2D eigenvalue weighted by atomic mass is 9.94. The molecule has 2 nitrogen and oxygen atoms in total. The van der Waals surface area contributed by atoms with Crippen LogP contribution in [0.3, 0.4) is 0 Å². The molecule has 110 valence electrons. The zero-order valence-corrected chi connectivity index (χ0v) is 13.3. The fourth-order valence-electron chi connectivity index (χ4n) is 2.20. The number of rotatable bonds is 12. The molecule has 0 aromatic heterocycles. The summed E-state index contributed by atoms with van der Waals surface area (Å²) in [6.07, 6.45) is 10.3. The minimum atomic E-state index is -0.403. The van der Waals surface area contributed by atoms with Gasteiger partial charge in [0.1, 0.15) is 0 Å². The van der Waals surface area contributed by atoms with Gasteiger partial charge in [0, 0.05) is 19.6 Å². The fraction of sp³-hybridized carbons (Fsp3) is 1.00. The van der Waals surface area contributed by atoms with Crippen LogP contribution in [0.2, 0.25) is 0 Å². The van der Waals surface area contributed by atoms with Crippen LogP contribution in [0.1, 0.15) is 79.1 Å². The van der Waals surface area contributed by atoms with Crippen molar-refractivity contribution in [2.75, 3.05) is 13.7 Å². The van der Waals surface area contributed by atoms with Crippen LogP contribution in [-0.4, -0.2) is 19.5 Å². The van der Waals surface area contributed by atoms with Crippen LogP contribution in [0.15, 0.2) is 0 Å². The molecule has 0 radical (unpaired) electrons. The van der Waals surface area contributed by atoms with Crippen LogP contribution in [0, 0.1) is 5.92 Å². The summed E-state index contributed by atoms with van der Waals surface area (Å²) in [5.74, 6) is 0.0552. The Hall–Kier alpha value is -0.0800. The van der Waals surface area contributed by atoms with Crippen LogP contribution in [-0.2, 0) is 9.47 Å². The first kappa shape index (κ1) is 17.9. The van der Waals surface area contributed by atoms with Gasteiger partial charge in [0.25, 0.3) is 0 Å². The molecule has 0 aliphatic heterocycles. The van der Waals surface area contributed by atoms with Gasteiger partial charge >= 0.3 is 0 Å². The second kappa shape index (κ2) is 10.8. The zero-order valence-electron chi connectivity index (χ0n) is 13.3. The molecule has 0 N–H and O–H groups in total. The lowest BCUT2D eigenvalue weighted by Gasteiger charge is -2.34. The molecule has 0 spiro atoms. The highest BCUT2D eigenvalue weighted by molar-refractivity contribution is 4.71. The Bertz CT molecular complexity index is 182. The summed E-state index contributed by atoms with van der Waals surface area (Å²) in [6, 6.07) is 0. The van der Waals surface area contributed by atoms with E-state index < -0.39 is 5.79 Å². The van der Waals surface area contributed by atoms with E-state index in [0.29, 0.717) is 5.92 Å². The fourth-order valence-corrected chi connectivity index (χ4v) is 2.20. The highest BCUT2D eigenvalue weighted by Gasteiger charge is 2.31. The van der Waals surface area contributed by atoms with E-state index in [1.165, 1.54) is 44.9 Å². The van der Waals surface area contributed by atoms with E-state index in [9.17, 15) is 0 Å². The Labute approximate surface area is 114 Å². The van der Waals surface area contributed by atoms with Crippen molar-refractivity contribution in [3.63, 3.8) is 0 Å². The molecule has 0 aromatic rings. The van der Waals surface area contributed by atoms with Gasteiger partial charge in [0.2, 0.25) is 0 Å². The monoisotopic (exact) mass is 258 g/mol. The molecular formula is C16H34O2. The lowest BCUT2D eigenvalue weighted by molar-refractivity contribution is -0.240. The smallest absolute Gasteiger partial charge is 0.167 e. The van der Waals surface area contributed by atoms with E-state index >= 15 is 0 Å². The summed E-state index contributed by atoms with van der Waals surface area (Å²) < 4.78 is 11.4. The normalized spacial score (nSPS) is 16.5. The van der Waals surface area contributed by atoms with Crippen LogP contribution in [0.5, 0.6) is 0 Å². The van der Waals surface area contributed by atoms with E-state index in [1.807, 2.05) is 0 Å². The number of ether oxygens (including phenoxy) is 2. The molecule has 0 saturated heterocycles. The number of hydrogen-bond donors (Lipinski definition) is 0. The average Bonchev–Trinajstić information content (AvgIpc) is 2.39. The molecule has 0 aromatic carbocycles. The maximum Gasteiger partial charge on any atom is 0.167 e. The first-order valence-corrected chi connectivity index (χ1v) is 7.79. The minimum Gasteiger partial charge on any atom is -0.353 e. The third kappa shape index (κ3) is 7.38. The van der Waals surface area contributed by atoms with Crippen molar-refractivity contribution in [3.8, 4) is 0 Å². The van der Waals surface area contributed by atoms with E-state index in [1.54, 1.807) is 7.11 Å². The summed E-state index contributed by atoms with van der Waals surface area (Å²) in [4.78, 5) is 0. The van der Waals surface area contributed by atoms with Gasteiger partial charge in [-0.15, -0.1) is 0 Å². The van der Waals surface area contributed by atoms with Gasteiger partial charge in [-0.25, -0.2) is 0 Å². The molecule has 0 fully saturated rings. The van der Waals surface area contributed by atoms with Crippen LogP contribution < -0.4 is 0 Å². The highest BCUT2D eigenvalue weighted by atomic mass is 16.7. The quantitative estimate of drug-likeness (QED) is 0.355. The van der Waals surface area contributed by atoms with Gasteiger partial charge in [0.15, 0.2) is 5.79 Å². The third-order valence-electron chi connectivity index (χ3n) is 3.88. The zero-order chi connectivity index (χ0) is 13.9. The maximum absolute atomic E-state index is 5.86. The van der Waals surface area contributed by atoms with Crippen molar-refractivity contribution in [2.45, 2.75) is 84.8 Å². The first-order valence-electron chi connectivity index (χ1n) is 7.79. The second-order valence-corrected chi connectivity index (χ2v) is 5.53. The van der Waals surface area contributed by atoms with Crippen molar-refractivity contribution >= 4 is 0 Å². The van der Waals surface area contributed by atoms with Gasteiger partial charge in [-0.1, -0.05) is 59.3 Å². The van der Waals surface area contributed by atoms with Crippen LogP contribution in [0.25, 0.3) is 0 Å². The molecule has 0 amide bonds. The topological polar surface area (TPSA) is 18.5 Å². The van der Waals surface area contributed by atoms with Gasteiger partial charge < -0.3 is 9.47 Å². The van der Waals surface area contributed by atoms with Gasteiger partial charge in [-0.05, 0) is 19.8 Å². The van der Waals surface area contributed by atoms with Crippen molar-refractivity contribution in [2.24, 2.45) is 5.92 Å². The Morgan fingerprint density at radius 2 is 1.56 bits per heavy atom. The van der Waals surface area contributed by atoms with Crippen LogP contribution >= 0.6 is 0 Å². The molecule has 2 atom stereocenters. The van der Waals surface area contributed by atoms with Crippen molar-refractivity contribution in [3.05, 3.63) is 0 Å². The molecule has 0 saturated carbocycles. The number of hydrogen-bond acceptors (Lipinski definition) is 2. The SMILES string of the molecule is CCCCCCCCC(C)C(C)(OC)OCCC. The predicted octanol–water partition coefficient (Wildman–Crippen LogP) is 5.16. The van der Waals surface area contributed by atoms with Crippen LogP contribution in [0.4, 0.5) is 0 Å². The summed E-state index contributed by atoms with van der Waals surface area (Å²) in [5.41, 5.74) is 0.